The summed E-state index contributed by atoms with van der Waals surface area (Å²) in [4.78, 5) is 15.9. The van der Waals surface area contributed by atoms with Gasteiger partial charge < -0.3 is 5.32 Å². The molecule has 0 spiro atoms. The molecule has 112 valence electrons. The summed E-state index contributed by atoms with van der Waals surface area (Å²) in [7, 11) is 0. The van der Waals surface area contributed by atoms with Crippen LogP contribution in [0.4, 0.5) is 8.78 Å². The zero-order valence-electron chi connectivity index (χ0n) is 11.8. The fraction of sp³-hybridized carbons (Fsp3) is 0.643. The van der Waals surface area contributed by atoms with Gasteiger partial charge in [-0.1, -0.05) is 6.92 Å². The van der Waals surface area contributed by atoms with Crippen molar-refractivity contribution in [3.8, 4) is 0 Å². The van der Waals surface area contributed by atoms with Crippen LogP contribution in [0.3, 0.4) is 0 Å². The first kappa shape index (κ1) is 15.4. The van der Waals surface area contributed by atoms with Crippen molar-refractivity contribution in [1.82, 2.24) is 10.2 Å². The molecule has 0 aromatic carbocycles. The summed E-state index contributed by atoms with van der Waals surface area (Å²) >= 11 is 1.65. The molecule has 1 amide bonds. The number of carbonyl (C=O) groups excluding carboxylic acids is 1. The quantitative estimate of drug-likeness (QED) is 0.927. The number of alkyl halides is 2. The number of hydrogen-bond acceptors (Lipinski definition) is 3. The number of carbonyl (C=O) groups is 1. The lowest BCUT2D eigenvalue weighted by Gasteiger charge is -2.36. The number of halogens is 2. The normalized spacial score (nSPS) is 22.7. The molecule has 1 aliphatic rings. The summed E-state index contributed by atoms with van der Waals surface area (Å²) < 4.78 is 26.7. The molecule has 1 aromatic heterocycles. The highest BCUT2D eigenvalue weighted by Gasteiger charge is 2.41. The highest BCUT2D eigenvalue weighted by molar-refractivity contribution is 7.11. The van der Waals surface area contributed by atoms with Crippen molar-refractivity contribution in [3.63, 3.8) is 0 Å². The summed E-state index contributed by atoms with van der Waals surface area (Å²) in [5.74, 6) is -3.39. The Morgan fingerprint density at radius 1 is 1.55 bits per heavy atom. The Bertz CT molecular complexity index is 475. The number of nitrogens with zero attached hydrogens (tertiary/aromatic N) is 1. The minimum absolute atomic E-state index is 0.103. The molecule has 0 aliphatic carbocycles. The van der Waals surface area contributed by atoms with Crippen molar-refractivity contribution in [1.29, 1.82) is 0 Å². The first-order chi connectivity index (χ1) is 9.37. The Morgan fingerprint density at radius 2 is 2.30 bits per heavy atom. The van der Waals surface area contributed by atoms with Crippen LogP contribution in [0.2, 0.25) is 0 Å². The lowest BCUT2D eigenvalue weighted by molar-refractivity contribution is -0.128. The highest BCUT2D eigenvalue weighted by atomic mass is 32.1. The van der Waals surface area contributed by atoms with Crippen LogP contribution in [0.25, 0.3) is 0 Å². The predicted molar refractivity (Wildman–Crippen MR) is 76.1 cm³/mol. The van der Waals surface area contributed by atoms with E-state index in [1.807, 2.05) is 19.1 Å². The smallest absolute Gasteiger partial charge is 0.253 e. The van der Waals surface area contributed by atoms with Gasteiger partial charge in [-0.2, -0.15) is 0 Å². The molecule has 1 aromatic rings. The zero-order chi connectivity index (χ0) is 14.8. The van der Waals surface area contributed by atoms with Crippen LogP contribution >= 0.6 is 11.3 Å². The Balaban J connectivity index is 1.75. The molecule has 3 nitrogen and oxygen atoms in total. The van der Waals surface area contributed by atoms with Gasteiger partial charge in [0, 0.05) is 35.2 Å². The molecule has 2 rings (SSSR count). The van der Waals surface area contributed by atoms with Crippen LogP contribution in [0.15, 0.2) is 12.1 Å². The van der Waals surface area contributed by atoms with Gasteiger partial charge in [-0.3, -0.25) is 9.69 Å². The Labute approximate surface area is 122 Å². The standard InChI is InChI=1S/C14H20F2N2OS/c1-10-8-18(6-5-14(10,15)16)9-13(19)17-7-12-4-3-11(2)20-12/h3-4,10H,5-9H2,1-2H3,(H,17,19). The molecule has 1 unspecified atom stereocenters. The van der Waals surface area contributed by atoms with Gasteiger partial charge in [0.2, 0.25) is 5.91 Å². The van der Waals surface area contributed by atoms with E-state index in [0.29, 0.717) is 6.54 Å². The number of rotatable bonds is 4. The largest absolute Gasteiger partial charge is 0.350 e. The summed E-state index contributed by atoms with van der Waals surface area (Å²) in [6.07, 6.45) is -0.161. The minimum atomic E-state index is -2.60. The molecule has 1 saturated heterocycles. The van der Waals surface area contributed by atoms with Gasteiger partial charge in [-0.05, 0) is 19.1 Å². The third-order valence-corrected chi connectivity index (χ3v) is 4.64. The second-order valence-corrected chi connectivity index (χ2v) is 6.81. The third kappa shape index (κ3) is 3.99. The molecule has 6 heteroatoms. The number of piperidine rings is 1. The number of likely N-dealkylation sites (tertiary alicyclic amines) is 1. The number of amides is 1. The Hall–Kier alpha value is -1.01. The van der Waals surface area contributed by atoms with Gasteiger partial charge in [0.25, 0.3) is 5.92 Å². The second-order valence-electron chi connectivity index (χ2n) is 5.44. The fourth-order valence-corrected chi connectivity index (χ4v) is 3.16. The van der Waals surface area contributed by atoms with E-state index in [2.05, 4.69) is 5.32 Å². The van der Waals surface area contributed by atoms with Crippen LogP contribution in [-0.2, 0) is 11.3 Å². The maximum atomic E-state index is 13.4. The van der Waals surface area contributed by atoms with Crippen LogP contribution in [0.5, 0.6) is 0 Å². The van der Waals surface area contributed by atoms with Gasteiger partial charge in [0.05, 0.1) is 13.1 Å². The van der Waals surface area contributed by atoms with Crippen molar-refractivity contribution in [2.24, 2.45) is 5.92 Å². The predicted octanol–water partition coefficient (Wildman–Crippen LogP) is 2.65. The van der Waals surface area contributed by atoms with Crippen LogP contribution in [0, 0.1) is 12.8 Å². The van der Waals surface area contributed by atoms with Crippen LogP contribution < -0.4 is 5.32 Å². The van der Waals surface area contributed by atoms with E-state index in [9.17, 15) is 13.6 Å². The van der Waals surface area contributed by atoms with Crippen molar-refractivity contribution in [2.75, 3.05) is 19.6 Å². The van der Waals surface area contributed by atoms with Crippen LogP contribution in [-0.4, -0.2) is 36.4 Å². The lowest BCUT2D eigenvalue weighted by atomic mass is 9.95. The van der Waals surface area contributed by atoms with Crippen molar-refractivity contribution in [2.45, 2.75) is 32.7 Å². The van der Waals surface area contributed by atoms with Gasteiger partial charge in [-0.15, -0.1) is 11.3 Å². The first-order valence-corrected chi connectivity index (χ1v) is 7.60. The number of aryl methyl sites for hydroxylation is 1. The highest BCUT2D eigenvalue weighted by Crippen LogP contribution is 2.32. The van der Waals surface area contributed by atoms with E-state index >= 15 is 0 Å². The third-order valence-electron chi connectivity index (χ3n) is 3.64. The number of hydrogen-bond donors (Lipinski definition) is 1. The molecule has 0 radical (unpaired) electrons. The minimum Gasteiger partial charge on any atom is -0.350 e. The number of nitrogens with one attached hydrogen (secondary N) is 1. The first-order valence-electron chi connectivity index (χ1n) is 6.79. The fourth-order valence-electron chi connectivity index (χ4n) is 2.33. The average molecular weight is 302 g/mol. The van der Waals surface area contributed by atoms with Crippen molar-refractivity contribution < 1.29 is 13.6 Å². The van der Waals surface area contributed by atoms with Crippen molar-refractivity contribution >= 4 is 17.2 Å². The van der Waals surface area contributed by atoms with E-state index in [4.69, 9.17) is 0 Å². The molecule has 1 atom stereocenters. The maximum absolute atomic E-state index is 13.4. The second kappa shape index (κ2) is 6.18. The molecular formula is C14H20F2N2OS. The molecule has 1 fully saturated rings. The molecule has 20 heavy (non-hydrogen) atoms. The zero-order valence-corrected chi connectivity index (χ0v) is 12.6. The topological polar surface area (TPSA) is 32.3 Å². The van der Waals surface area contributed by atoms with E-state index in [1.165, 1.54) is 4.88 Å². The van der Waals surface area contributed by atoms with E-state index in [1.54, 1.807) is 23.2 Å². The van der Waals surface area contributed by atoms with Gasteiger partial charge in [0.1, 0.15) is 0 Å². The molecule has 0 saturated carbocycles. The van der Waals surface area contributed by atoms with E-state index in [-0.39, 0.29) is 32.0 Å². The summed E-state index contributed by atoms with van der Waals surface area (Å²) in [6.45, 7) is 4.83. The molecule has 1 N–H and O–H groups in total. The molecule has 2 heterocycles. The maximum Gasteiger partial charge on any atom is 0.253 e. The van der Waals surface area contributed by atoms with Crippen LogP contribution in [0.1, 0.15) is 23.1 Å². The monoisotopic (exact) mass is 302 g/mol. The number of thiophene rings is 1. The summed E-state index contributed by atoms with van der Waals surface area (Å²) in [5.41, 5.74) is 0. The lowest BCUT2D eigenvalue weighted by Crippen LogP contribution is -2.48. The van der Waals surface area contributed by atoms with E-state index < -0.39 is 11.8 Å². The van der Waals surface area contributed by atoms with Gasteiger partial charge >= 0.3 is 0 Å². The molecule has 0 bridgehead atoms. The van der Waals surface area contributed by atoms with Gasteiger partial charge in [-0.25, -0.2) is 8.78 Å². The van der Waals surface area contributed by atoms with Gasteiger partial charge in [0.15, 0.2) is 0 Å². The van der Waals surface area contributed by atoms with E-state index in [0.717, 1.165) is 4.88 Å². The summed E-state index contributed by atoms with van der Waals surface area (Å²) in [5, 5.41) is 2.84. The Morgan fingerprint density at radius 3 is 2.90 bits per heavy atom. The summed E-state index contributed by atoms with van der Waals surface area (Å²) in [6, 6.07) is 4.00. The average Bonchev–Trinajstić information content (AvgIpc) is 2.78. The molecular weight excluding hydrogens is 282 g/mol. The SMILES string of the molecule is Cc1ccc(CNC(=O)CN2CCC(F)(F)C(C)C2)s1. The Kier molecular flexibility index (Phi) is 4.75. The molecule has 1 aliphatic heterocycles. The van der Waals surface area contributed by atoms with Crippen molar-refractivity contribution in [3.05, 3.63) is 21.9 Å².